The van der Waals surface area contributed by atoms with E-state index in [1.807, 2.05) is 6.07 Å². The zero-order valence-electron chi connectivity index (χ0n) is 11.2. The maximum atomic E-state index is 5.55. The molecule has 2 heterocycles. The smallest absolute Gasteiger partial charge is 0.156 e. The summed E-state index contributed by atoms with van der Waals surface area (Å²) in [5.74, 6) is 0.883. The van der Waals surface area contributed by atoms with Crippen molar-refractivity contribution in [1.29, 1.82) is 0 Å². The molecule has 1 aromatic carbocycles. The Balaban J connectivity index is 1.83. The minimum Gasteiger partial charge on any atom is -0.364 e. The zero-order chi connectivity index (χ0) is 13.2. The second-order valence-corrected chi connectivity index (χ2v) is 5.15. The standard InChI is InChI=1S/C15H19N3O/c1-11-4-5-15-12(7-11)3-2-6-18(15)10-14-8-13(9-16)17-19-14/h4-5,7-8H,2-3,6,9-10,16H2,1H3. The first-order valence-corrected chi connectivity index (χ1v) is 6.75. The lowest BCUT2D eigenvalue weighted by Crippen LogP contribution is -2.28. The molecule has 4 nitrogen and oxygen atoms in total. The summed E-state index contributed by atoms with van der Waals surface area (Å²) in [6.07, 6.45) is 2.35. The third-order valence-corrected chi connectivity index (χ3v) is 3.61. The van der Waals surface area contributed by atoms with Crippen LogP contribution in [-0.4, -0.2) is 11.7 Å². The van der Waals surface area contributed by atoms with Crippen molar-refractivity contribution in [1.82, 2.24) is 5.16 Å². The number of aromatic nitrogens is 1. The molecule has 1 aliphatic heterocycles. The van der Waals surface area contributed by atoms with Gasteiger partial charge in [0.05, 0.1) is 12.2 Å². The molecule has 0 aliphatic carbocycles. The van der Waals surface area contributed by atoms with Gasteiger partial charge in [0.2, 0.25) is 0 Å². The van der Waals surface area contributed by atoms with Crippen LogP contribution >= 0.6 is 0 Å². The van der Waals surface area contributed by atoms with E-state index < -0.39 is 0 Å². The maximum Gasteiger partial charge on any atom is 0.156 e. The van der Waals surface area contributed by atoms with Crippen LogP contribution in [0, 0.1) is 6.92 Å². The first kappa shape index (κ1) is 12.2. The van der Waals surface area contributed by atoms with Crippen molar-refractivity contribution in [3.05, 3.63) is 46.8 Å². The molecule has 19 heavy (non-hydrogen) atoms. The fraction of sp³-hybridized carbons (Fsp3) is 0.400. The summed E-state index contributed by atoms with van der Waals surface area (Å²) >= 11 is 0. The number of fused-ring (bicyclic) bond motifs is 1. The highest BCUT2D eigenvalue weighted by atomic mass is 16.5. The zero-order valence-corrected chi connectivity index (χ0v) is 11.2. The third kappa shape index (κ3) is 2.49. The Morgan fingerprint density at radius 3 is 3.05 bits per heavy atom. The summed E-state index contributed by atoms with van der Waals surface area (Å²) < 4.78 is 5.33. The Morgan fingerprint density at radius 2 is 2.26 bits per heavy atom. The number of nitrogens with zero attached hydrogens (tertiary/aromatic N) is 2. The van der Waals surface area contributed by atoms with Crippen LogP contribution < -0.4 is 10.6 Å². The Bertz CT molecular complexity index is 577. The minimum atomic E-state index is 0.430. The van der Waals surface area contributed by atoms with Gasteiger partial charge in [0, 0.05) is 24.8 Å². The Morgan fingerprint density at radius 1 is 1.37 bits per heavy atom. The van der Waals surface area contributed by atoms with E-state index in [-0.39, 0.29) is 0 Å². The van der Waals surface area contributed by atoms with Crippen LogP contribution in [0.15, 0.2) is 28.8 Å². The van der Waals surface area contributed by atoms with E-state index >= 15 is 0 Å². The monoisotopic (exact) mass is 257 g/mol. The lowest BCUT2D eigenvalue weighted by Gasteiger charge is -2.30. The summed E-state index contributed by atoms with van der Waals surface area (Å²) in [7, 11) is 0. The van der Waals surface area contributed by atoms with Crippen molar-refractivity contribution < 1.29 is 4.52 Å². The van der Waals surface area contributed by atoms with Crippen LogP contribution in [0.2, 0.25) is 0 Å². The van der Waals surface area contributed by atoms with Crippen LogP contribution in [0.1, 0.15) is 29.0 Å². The van der Waals surface area contributed by atoms with Gasteiger partial charge in [-0.05, 0) is 31.4 Å². The molecule has 0 spiro atoms. The molecular formula is C15H19N3O. The first-order valence-electron chi connectivity index (χ1n) is 6.75. The van der Waals surface area contributed by atoms with Gasteiger partial charge in [-0.3, -0.25) is 0 Å². The minimum absolute atomic E-state index is 0.430. The number of benzene rings is 1. The SMILES string of the molecule is Cc1ccc2c(c1)CCCN2Cc1cc(CN)no1. The second-order valence-electron chi connectivity index (χ2n) is 5.15. The molecule has 0 fully saturated rings. The van der Waals surface area contributed by atoms with Gasteiger partial charge in [0.15, 0.2) is 5.76 Å². The highest BCUT2D eigenvalue weighted by Crippen LogP contribution is 2.29. The quantitative estimate of drug-likeness (QED) is 0.917. The van der Waals surface area contributed by atoms with E-state index in [1.165, 1.54) is 23.2 Å². The van der Waals surface area contributed by atoms with Crippen molar-refractivity contribution in [2.24, 2.45) is 5.73 Å². The Kier molecular flexibility index (Phi) is 3.25. The van der Waals surface area contributed by atoms with Gasteiger partial charge in [0.25, 0.3) is 0 Å². The molecule has 0 bridgehead atoms. The first-order chi connectivity index (χ1) is 9.26. The maximum absolute atomic E-state index is 5.55. The van der Waals surface area contributed by atoms with Gasteiger partial charge >= 0.3 is 0 Å². The van der Waals surface area contributed by atoms with Gasteiger partial charge in [-0.25, -0.2) is 0 Å². The Labute approximate surface area is 113 Å². The molecule has 4 heteroatoms. The molecule has 1 aromatic heterocycles. The molecular weight excluding hydrogens is 238 g/mol. The normalized spacial score (nSPS) is 14.5. The van der Waals surface area contributed by atoms with Crippen molar-refractivity contribution in [3.63, 3.8) is 0 Å². The fourth-order valence-electron chi connectivity index (χ4n) is 2.68. The molecule has 100 valence electrons. The Hall–Kier alpha value is -1.81. The van der Waals surface area contributed by atoms with Crippen LogP contribution in [0.4, 0.5) is 5.69 Å². The van der Waals surface area contributed by atoms with E-state index in [0.717, 1.165) is 31.0 Å². The molecule has 0 saturated carbocycles. The topological polar surface area (TPSA) is 55.3 Å². The molecule has 0 amide bonds. The van der Waals surface area contributed by atoms with Crippen molar-refractivity contribution in [2.75, 3.05) is 11.4 Å². The summed E-state index contributed by atoms with van der Waals surface area (Å²) in [6, 6.07) is 8.61. The van der Waals surface area contributed by atoms with E-state index in [9.17, 15) is 0 Å². The summed E-state index contributed by atoms with van der Waals surface area (Å²) in [5.41, 5.74) is 10.5. The highest BCUT2D eigenvalue weighted by molar-refractivity contribution is 5.56. The molecule has 0 atom stereocenters. The predicted octanol–water partition coefficient (Wildman–Crippen LogP) is 2.39. The van der Waals surface area contributed by atoms with E-state index in [0.29, 0.717) is 6.54 Å². The van der Waals surface area contributed by atoms with Crippen LogP contribution in [-0.2, 0) is 19.5 Å². The molecule has 0 radical (unpaired) electrons. The second kappa shape index (κ2) is 5.05. The molecule has 0 unspecified atom stereocenters. The van der Waals surface area contributed by atoms with E-state index in [2.05, 4.69) is 35.2 Å². The molecule has 0 saturated heterocycles. The van der Waals surface area contributed by atoms with Crippen molar-refractivity contribution in [3.8, 4) is 0 Å². The van der Waals surface area contributed by atoms with Crippen LogP contribution in [0.5, 0.6) is 0 Å². The average molecular weight is 257 g/mol. The van der Waals surface area contributed by atoms with E-state index in [1.54, 1.807) is 0 Å². The average Bonchev–Trinajstić information content (AvgIpc) is 2.86. The lowest BCUT2D eigenvalue weighted by atomic mass is 9.99. The van der Waals surface area contributed by atoms with Gasteiger partial charge in [-0.15, -0.1) is 0 Å². The number of rotatable bonds is 3. The number of anilines is 1. The fourth-order valence-corrected chi connectivity index (χ4v) is 2.68. The summed E-state index contributed by atoms with van der Waals surface area (Å²) in [5, 5.41) is 3.94. The van der Waals surface area contributed by atoms with Gasteiger partial charge in [-0.1, -0.05) is 22.9 Å². The number of hydrogen-bond acceptors (Lipinski definition) is 4. The number of aryl methyl sites for hydroxylation is 2. The largest absolute Gasteiger partial charge is 0.364 e. The van der Waals surface area contributed by atoms with Gasteiger partial charge in [-0.2, -0.15) is 0 Å². The van der Waals surface area contributed by atoms with Gasteiger partial charge < -0.3 is 15.2 Å². The highest BCUT2D eigenvalue weighted by Gasteiger charge is 2.18. The summed E-state index contributed by atoms with van der Waals surface area (Å²) in [4.78, 5) is 2.36. The third-order valence-electron chi connectivity index (χ3n) is 3.61. The number of nitrogens with two attached hydrogens (primary N) is 1. The van der Waals surface area contributed by atoms with Crippen LogP contribution in [0.3, 0.4) is 0 Å². The van der Waals surface area contributed by atoms with Crippen LogP contribution in [0.25, 0.3) is 0 Å². The number of hydrogen-bond donors (Lipinski definition) is 1. The summed E-state index contributed by atoms with van der Waals surface area (Å²) in [6.45, 7) is 4.40. The van der Waals surface area contributed by atoms with Crippen molar-refractivity contribution in [2.45, 2.75) is 32.9 Å². The van der Waals surface area contributed by atoms with Gasteiger partial charge in [0.1, 0.15) is 0 Å². The predicted molar refractivity (Wildman–Crippen MR) is 74.9 cm³/mol. The molecule has 3 rings (SSSR count). The molecule has 2 N–H and O–H groups in total. The van der Waals surface area contributed by atoms with Crippen molar-refractivity contribution >= 4 is 5.69 Å². The molecule has 2 aromatic rings. The molecule has 1 aliphatic rings. The van der Waals surface area contributed by atoms with E-state index in [4.69, 9.17) is 10.3 Å². The lowest BCUT2D eigenvalue weighted by molar-refractivity contribution is 0.374.